The monoisotopic (exact) mass is 399 g/mol. The molecule has 3 amide bonds. The Labute approximate surface area is 169 Å². The highest BCUT2D eigenvalue weighted by molar-refractivity contribution is 5.90. The van der Waals surface area contributed by atoms with Crippen molar-refractivity contribution in [3.05, 3.63) is 65.7 Å². The van der Waals surface area contributed by atoms with Crippen LogP contribution in [0.3, 0.4) is 0 Å². The van der Waals surface area contributed by atoms with Gasteiger partial charge in [0.1, 0.15) is 17.9 Å². The van der Waals surface area contributed by atoms with E-state index in [4.69, 9.17) is 10.5 Å². The molecule has 2 atom stereocenters. The third-order valence-electron chi connectivity index (χ3n) is 4.27. The lowest BCUT2D eigenvalue weighted by Crippen LogP contribution is -2.47. The van der Waals surface area contributed by atoms with Crippen LogP contribution in [0, 0.1) is 0 Å². The molecule has 0 bridgehead atoms. The molecule has 0 fully saturated rings. The molecule has 0 heterocycles. The zero-order chi connectivity index (χ0) is 21.2. The van der Waals surface area contributed by atoms with Gasteiger partial charge in [-0.15, -0.1) is 0 Å². The number of nitrogens with one attached hydrogen (secondary N) is 2. The molecule has 0 aliphatic rings. The maximum atomic E-state index is 12.1. The number of methoxy groups -OCH3 is 1. The molecule has 0 unspecified atom stereocenters. The number of carbonyl (C=O) groups excluding carboxylic acids is 3. The number of aliphatic hydroxyl groups excluding tert-OH is 1. The first-order chi connectivity index (χ1) is 13.9. The lowest BCUT2D eigenvalue weighted by Gasteiger charge is -2.17. The second-order valence-electron chi connectivity index (χ2n) is 6.50. The summed E-state index contributed by atoms with van der Waals surface area (Å²) in [4.78, 5) is 35.8. The number of hydrogen-bond acceptors (Lipinski definition) is 5. The van der Waals surface area contributed by atoms with Crippen molar-refractivity contribution in [3.8, 4) is 5.75 Å². The largest absolute Gasteiger partial charge is 0.497 e. The quantitative estimate of drug-likeness (QED) is 0.456. The van der Waals surface area contributed by atoms with E-state index in [9.17, 15) is 19.5 Å². The Morgan fingerprint density at radius 1 is 1.03 bits per heavy atom. The van der Waals surface area contributed by atoms with Gasteiger partial charge in [0.05, 0.1) is 13.5 Å². The predicted octanol–water partition coefficient (Wildman–Crippen LogP) is 0.275. The van der Waals surface area contributed by atoms with E-state index in [1.165, 1.54) is 0 Å². The fourth-order valence-electron chi connectivity index (χ4n) is 2.64. The average molecular weight is 399 g/mol. The molecule has 0 radical (unpaired) electrons. The van der Waals surface area contributed by atoms with Gasteiger partial charge in [-0.25, -0.2) is 0 Å². The minimum absolute atomic E-state index is 0.194. The summed E-state index contributed by atoms with van der Waals surface area (Å²) >= 11 is 0. The second kappa shape index (κ2) is 10.8. The molecule has 0 saturated carbocycles. The molecular weight excluding hydrogens is 374 g/mol. The summed E-state index contributed by atoms with van der Waals surface area (Å²) in [6.07, 6.45) is -1.80. The molecule has 154 valence electrons. The van der Waals surface area contributed by atoms with Crippen LogP contribution in [-0.4, -0.2) is 42.1 Å². The molecule has 0 spiro atoms. The summed E-state index contributed by atoms with van der Waals surface area (Å²) in [7, 11) is 1.56. The van der Waals surface area contributed by atoms with Crippen molar-refractivity contribution in [2.75, 3.05) is 7.11 Å². The maximum Gasteiger partial charge on any atom is 0.249 e. The van der Waals surface area contributed by atoms with Gasteiger partial charge >= 0.3 is 0 Å². The lowest BCUT2D eigenvalue weighted by molar-refractivity contribution is -0.135. The van der Waals surface area contributed by atoms with E-state index in [0.29, 0.717) is 5.75 Å². The average Bonchev–Trinajstić information content (AvgIpc) is 2.72. The predicted molar refractivity (Wildman–Crippen MR) is 107 cm³/mol. The first-order valence-corrected chi connectivity index (χ1v) is 9.10. The number of carbonyl (C=O) groups is 3. The lowest BCUT2D eigenvalue weighted by atomic mass is 10.1. The van der Waals surface area contributed by atoms with E-state index < -0.39 is 36.3 Å². The Hall–Kier alpha value is -3.39. The summed E-state index contributed by atoms with van der Waals surface area (Å²) in [6.45, 7) is 0.194. The Balaban J connectivity index is 1.82. The number of benzene rings is 2. The Kier molecular flexibility index (Phi) is 8.17. The number of hydrogen-bond donors (Lipinski definition) is 4. The van der Waals surface area contributed by atoms with Gasteiger partial charge in [-0.2, -0.15) is 0 Å². The molecular formula is C21H25N3O5. The summed E-state index contributed by atoms with van der Waals surface area (Å²) in [6, 6.07) is 15.2. The smallest absolute Gasteiger partial charge is 0.249 e. The van der Waals surface area contributed by atoms with Crippen molar-refractivity contribution in [2.45, 2.75) is 31.5 Å². The number of primary amides is 1. The van der Waals surface area contributed by atoms with Crippen molar-refractivity contribution in [3.63, 3.8) is 0 Å². The SMILES string of the molecule is COc1ccc(CNC(=O)[C@@H](O)CC(=O)N[C@@H](Cc2ccccc2)C(N)=O)cc1. The third kappa shape index (κ3) is 7.27. The molecule has 2 rings (SSSR count). The Morgan fingerprint density at radius 3 is 2.28 bits per heavy atom. The number of amides is 3. The van der Waals surface area contributed by atoms with E-state index in [-0.39, 0.29) is 13.0 Å². The zero-order valence-corrected chi connectivity index (χ0v) is 16.1. The van der Waals surface area contributed by atoms with Gasteiger partial charge in [0.2, 0.25) is 17.7 Å². The van der Waals surface area contributed by atoms with Crippen LogP contribution in [0.25, 0.3) is 0 Å². The van der Waals surface area contributed by atoms with Gasteiger partial charge in [-0.3, -0.25) is 14.4 Å². The highest BCUT2D eigenvalue weighted by Gasteiger charge is 2.23. The number of ether oxygens (including phenoxy) is 1. The van der Waals surface area contributed by atoms with Crippen LogP contribution >= 0.6 is 0 Å². The van der Waals surface area contributed by atoms with Crippen LogP contribution in [0.2, 0.25) is 0 Å². The molecule has 29 heavy (non-hydrogen) atoms. The van der Waals surface area contributed by atoms with Crippen molar-refractivity contribution in [1.82, 2.24) is 10.6 Å². The van der Waals surface area contributed by atoms with Crippen LogP contribution in [0.1, 0.15) is 17.5 Å². The van der Waals surface area contributed by atoms with E-state index in [0.717, 1.165) is 11.1 Å². The Morgan fingerprint density at radius 2 is 1.69 bits per heavy atom. The van der Waals surface area contributed by atoms with E-state index in [1.807, 2.05) is 30.3 Å². The topological polar surface area (TPSA) is 131 Å². The fourth-order valence-corrected chi connectivity index (χ4v) is 2.64. The highest BCUT2D eigenvalue weighted by atomic mass is 16.5. The molecule has 0 saturated heterocycles. The van der Waals surface area contributed by atoms with Crippen LogP contribution in [0.4, 0.5) is 0 Å². The molecule has 2 aromatic carbocycles. The summed E-state index contributed by atoms with van der Waals surface area (Å²) in [5, 5.41) is 15.0. The zero-order valence-electron chi connectivity index (χ0n) is 16.1. The van der Waals surface area contributed by atoms with Crippen molar-refractivity contribution >= 4 is 17.7 Å². The second-order valence-corrected chi connectivity index (χ2v) is 6.50. The first-order valence-electron chi connectivity index (χ1n) is 9.10. The highest BCUT2D eigenvalue weighted by Crippen LogP contribution is 2.11. The fraction of sp³-hybridized carbons (Fsp3) is 0.286. The first kappa shape index (κ1) is 21.9. The van der Waals surface area contributed by atoms with E-state index >= 15 is 0 Å². The Bertz CT molecular complexity index is 824. The molecule has 0 aliphatic heterocycles. The molecule has 2 aromatic rings. The minimum atomic E-state index is -1.54. The van der Waals surface area contributed by atoms with Crippen molar-refractivity contribution in [1.29, 1.82) is 0 Å². The van der Waals surface area contributed by atoms with Gasteiger partial charge in [-0.05, 0) is 23.3 Å². The summed E-state index contributed by atoms with van der Waals surface area (Å²) in [5.41, 5.74) is 6.99. The maximum absolute atomic E-state index is 12.1. The van der Waals surface area contributed by atoms with Crippen LogP contribution in [0.5, 0.6) is 5.75 Å². The van der Waals surface area contributed by atoms with Gasteiger partial charge < -0.3 is 26.2 Å². The minimum Gasteiger partial charge on any atom is -0.497 e. The molecule has 8 nitrogen and oxygen atoms in total. The van der Waals surface area contributed by atoms with Gasteiger partial charge in [0, 0.05) is 13.0 Å². The number of aliphatic hydroxyl groups is 1. The summed E-state index contributed by atoms with van der Waals surface area (Å²) < 4.78 is 5.06. The van der Waals surface area contributed by atoms with Gasteiger partial charge in [-0.1, -0.05) is 42.5 Å². The standard InChI is InChI=1S/C21H25N3O5/c1-29-16-9-7-15(8-10-16)13-23-21(28)18(25)12-19(26)24-17(20(22)27)11-14-5-3-2-4-6-14/h2-10,17-18,25H,11-13H2,1H3,(H2,22,27)(H,23,28)(H,24,26)/t17-,18-/m0/s1. The number of rotatable bonds is 10. The van der Waals surface area contributed by atoms with Gasteiger partial charge in [0.25, 0.3) is 0 Å². The van der Waals surface area contributed by atoms with Crippen LogP contribution in [-0.2, 0) is 27.3 Å². The van der Waals surface area contributed by atoms with Crippen LogP contribution < -0.4 is 21.1 Å². The van der Waals surface area contributed by atoms with E-state index in [1.54, 1.807) is 31.4 Å². The normalized spacial score (nSPS) is 12.5. The molecule has 5 N–H and O–H groups in total. The third-order valence-corrected chi connectivity index (χ3v) is 4.27. The summed E-state index contributed by atoms with van der Waals surface area (Å²) in [5.74, 6) is -1.33. The molecule has 8 heteroatoms. The van der Waals surface area contributed by atoms with E-state index in [2.05, 4.69) is 10.6 Å². The molecule has 0 aliphatic carbocycles. The van der Waals surface area contributed by atoms with Crippen LogP contribution in [0.15, 0.2) is 54.6 Å². The molecule has 0 aromatic heterocycles. The van der Waals surface area contributed by atoms with Crippen molar-refractivity contribution in [2.24, 2.45) is 5.73 Å². The van der Waals surface area contributed by atoms with Crippen molar-refractivity contribution < 1.29 is 24.2 Å². The number of nitrogens with two attached hydrogens (primary N) is 1. The van der Waals surface area contributed by atoms with Gasteiger partial charge in [0.15, 0.2) is 0 Å².